The molecule has 8 nitrogen and oxygen atoms in total. The zero-order valence-electron chi connectivity index (χ0n) is 18.5. The number of benzene rings is 1. The van der Waals surface area contributed by atoms with Gasteiger partial charge in [0.1, 0.15) is 5.60 Å². The molecule has 1 aromatic rings. The van der Waals surface area contributed by atoms with Crippen LogP contribution < -0.4 is 5.32 Å². The Morgan fingerprint density at radius 2 is 1.73 bits per heavy atom. The molecule has 1 fully saturated rings. The van der Waals surface area contributed by atoms with Crippen LogP contribution in [0.1, 0.15) is 46.1 Å². The lowest BCUT2D eigenvalue weighted by atomic mass is 10.0. The number of nitrogens with one attached hydrogen (secondary N) is 1. The van der Waals surface area contributed by atoms with E-state index in [1.54, 1.807) is 34.1 Å². The van der Waals surface area contributed by atoms with Crippen molar-refractivity contribution in [1.82, 2.24) is 15.1 Å². The van der Waals surface area contributed by atoms with Gasteiger partial charge in [-0.2, -0.15) is 0 Å². The molecule has 168 valence electrons. The molecule has 0 aliphatic carbocycles. The van der Waals surface area contributed by atoms with Crippen LogP contribution in [0.4, 0.5) is 9.59 Å². The van der Waals surface area contributed by atoms with Gasteiger partial charge in [0.15, 0.2) is 9.84 Å². The number of nitrogens with zero attached hydrogens (tertiary/aromatic N) is 2. The number of amides is 3. The van der Waals surface area contributed by atoms with Crippen molar-refractivity contribution in [2.75, 3.05) is 25.9 Å². The van der Waals surface area contributed by atoms with Crippen LogP contribution in [0.2, 0.25) is 0 Å². The minimum atomic E-state index is -3.24. The third-order valence-electron chi connectivity index (χ3n) is 4.95. The molecule has 0 saturated carbocycles. The predicted octanol–water partition coefficient (Wildman–Crippen LogP) is 3.02. The second kappa shape index (κ2) is 9.68. The van der Waals surface area contributed by atoms with Crippen molar-refractivity contribution in [3.8, 4) is 0 Å². The lowest BCUT2D eigenvalue weighted by Gasteiger charge is -2.38. The van der Waals surface area contributed by atoms with Gasteiger partial charge in [0, 0.05) is 38.5 Å². The molecule has 9 heteroatoms. The Hall–Kier alpha value is -2.29. The van der Waals surface area contributed by atoms with Crippen LogP contribution >= 0.6 is 0 Å². The third-order valence-corrected chi connectivity index (χ3v) is 6.08. The van der Waals surface area contributed by atoms with E-state index in [9.17, 15) is 18.0 Å². The molecule has 1 aliphatic rings. The molecule has 30 heavy (non-hydrogen) atoms. The summed E-state index contributed by atoms with van der Waals surface area (Å²) in [4.78, 5) is 28.6. The number of piperidine rings is 1. The molecule has 0 spiro atoms. The predicted molar refractivity (Wildman–Crippen MR) is 115 cm³/mol. The van der Waals surface area contributed by atoms with Gasteiger partial charge in [-0.05, 0) is 58.2 Å². The molecule has 0 aromatic heterocycles. The first kappa shape index (κ1) is 24.0. The number of rotatable bonds is 5. The molecular formula is C21H33N3O5S. The quantitative estimate of drug-likeness (QED) is 0.761. The molecule has 2 rings (SSSR count). The van der Waals surface area contributed by atoms with E-state index >= 15 is 0 Å². The maximum atomic E-state index is 12.7. The summed E-state index contributed by atoms with van der Waals surface area (Å²) in [5.41, 5.74) is 0.300. The molecule has 0 radical (unpaired) electrons. The van der Waals surface area contributed by atoms with Crippen molar-refractivity contribution in [2.24, 2.45) is 0 Å². The first-order valence-electron chi connectivity index (χ1n) is 10.2. The Kier molecular flexibility index (Phi) is 7.74. The minimum absolute atomic E-state index is 0.0568. The van der Waals surface area contributed by atoms with Crippen LogP contribution in [0.3, 0.4) is 0 Å². The molecule has 1 N–H and O–H groups in total. The first-order valence-corrected chi connectivity index (χ1v) is 12.1. The standard InChI is InChI=1S/C21H33N3O5S/c1-6-24(17-11-13-23(14-12-17)20(26)29-21(2,3)4)19(25)22-15-16-7-9-18(10-8-16)30(5,27)28/h7-10,17H,6,11-15H2,1-5H3,(H,22,25). The molecule has 1 saturated heterocycles. The van der Waals surface area contributed by atoms with Crippen molar-refractivity contribution in [3.05, 3.63) is 29.8 Å². The molecule has 1 aliphatic heterocycles. The highest BCUT2D eigenvalue weighted by molar-refractivity contribution is 7.90. The number of urea groups is 1. The summed E-state index contributed by atoms with van der Waals surface area (Å²) in [7, 11) is -3.24. The second-order valence-electron chi connectivity index (χ2n) is 8.56. The van der Waals surface area contributed by atoms with Gasteiger partial charge in [0.2, 0.25) is 0 Å². The summed E-state index contributed by atoms with van der Waals surface area (Å²) in [5.74, 6) is 0. The van der Waals surface area contributed by atoms with Gasteiger partial charge in [-0.3, -0.25) is 0 Å². The highest BCUT2D eigenvalue weighted by Crippen LogP contribution is 2.19. The molecule has 0 unspecified atom stereocenters. The van der Waals surface area contributed by atoms with Gasteiger partial charge in [0.25, 0.3) is 0 Å². The van der Waals surface area contributed by atoms with E-state index in [1.807, 2.05) is 27.7 Å². The number of likely N-dealkylation sites (tertiary alicyclic amines) is 1. The van der Waals surface area contributed by atoms with E-state index in [1.165, 1.54) is 0 Å². The Bertz CT molecular complexity index is 838. The van der Waals surface area contributed by atoms with Crippen LogP contribution in [-0.4, -0.2) is 67.9 Å². The minimum Gasteiger partial charge on any atom is -0.444 e. The summed E-state index contributed by atoms with van der Waals surface area (Å²) < 4.78 is 28.5. The van der Waals surface area contributed by atoms with E-state index in [0.717, 1.165) is 11.8 Å². The van der Waals surface area contributed by atoms with Crippen LogP contribution in [0.15, 0.2) is 29.2 Å². The zero-order valence-corrected chi connectivity index (χ0v) is 19.3. The topological polar surface area (TPSA) is 96.0 Å². The zero-order chi connectivity index (χ0) is 22.5. The number of carbonyl (C=O) groups is 2. The molecular weight excluding hydrogens is 406 g/mol. The highest BCUT2D eigenvalue weighted by Gasteiger charge is 2.30. The summed E-state index contributed by atoms with van der Waals surface area (Å²) in [6.07, 6.45) is 2.25. The lowest BCUT2D eigenvalue weighted by Crippen LogP contribution is -2.51. The Morgan fingerprint density at radius 3 is 2.20 bits per heavy atom. The van der Waals surface area contributed by atoms with Crippen molar-refractivity contribution in [3.63, 3.8) is 0 Å². The summed E-state index contributed by atoms with van der Waals surface area (Å²) in [6.45, 7) is 9.44. The van der Waals surface area contributed by atoms with Gasteiger partial charge < -0.3 is 19.9 Å². The van der Waals surface area contributed by atoms with Crippen LogP contribution in [0, 0.1) is 0 Å². The molecule has 3 amide bonds. The first-order chi connectivity index (χ1) is 13.9. The van der Waals surface area contributed by atoms with Crippen molar-refractivity contribution >= 4 is 22.0 Å². The van der Waals surface area contributed by atoms with Gasteiger partial charge in [0.05, 0.1) is 4.90 Å². The molecule has 0 atom stereocenters. The fourth-order valence-corrected chi connectivity index (χ4v) is 4.02. The number of hydrogen-bond donors (Lipinski definition) is 1. The van der Waals surface area contributed by atoms with Gasteiger partial charge in [-0.15, -0.1) is 0 Å². The average Bonchev–Trinajstić information content (AvgIpc) is 2.66. The summed E-state index contributed by atoms with van der Waals surface area (Å²) in [5, 5.41) is 2.90. The van der Waals surface area contributed by atoms with Crippen molar-refractivity contribution < 1.29 is 22.7 Å². The van der Waals surface area contributed by atoms with Gasteiger partial charge in [-0.1, -0.05) is 12.1 Å². The fourth-order valence-electron chi connectivity index (χ4n) is 3.39. The fraction of sp³-hybridized carbons (Fsp3) is 0.619. The van der Waals surface area contributed by atoms with Crippen LogP contribution in [-0.2, 0) is 21.1 Å². The normalized spacial score (nSPS) is 15.6. The summed E-state index contributed by atoms with van der Waals surface area (Å²) >= 11 is 0. The smallest absolute Gasteiger partial charge is 0.410 e. The van der Waals surface area contributed by atoms with Crippen molar-refractivity contribution in [1.29, 1.82) is 0 Å². The third kappa shape index (κ3) is 6.90. The monoisotopic (exact) mass is 439 g/mol. The highest BCUT2D eigenvalue weighted by atomic mass is 32.2. The number of hydrogen-bond acceptors (Lipinski definition) is 5. The Morgan fingerprint density at radius 1 is 1.17 bits per heavy atom. The van der Waals surface area contributed by atoms with E-state index < -0.39 is 15.4 Å². The van der Waals surface area contributed by atoms with E-state index in [0.29, 0.717) is 39.0 Å². The Labute approximate surface area is 179 Å². The number of ether oxygens (including phenoxy) is 1. The molecule has 1 aromatic carbocycles. The van der Waals surface area contributed by atoms with Crippen LogP contribution in [0.25, 0.3) is 0 Å². The van der Waals surface area contributed by atoms with Crippen molar-refractivity contribution in [2.45, 2.75) is 63.6 Å². The lowest BCUT2D eigenvalue weighted by molar-refractivity contribution is 0.0166. The largest absolute Gasteiger partial charge is 0.444 e. The Balaban J connectivity index is 1.87. The van der Waals surface area contributed by atoms with E-state index in [2.05, 4.69) is 5.32 Å². The summed E-state index contributed by atoms with van der Waals surface area (Å²) in [6, 6.07) is 6.38. The molecule has 0 bridgehead atoms. The van der Waals surface area contributed by atoms with Crippen LogP contribution in [0.5, 0.6) is 0 Å². The number of carbonyl (C=O) groups excluding carboxylic acids is 2. The van der Waals surface area contributed by atoms with E-state index in [-0.39, 0.29) is 23.1 Å². The number of sulfone groups is 1. The maximum absolute atomic E-state index is 12.7. The maximum Gasteiger partial charge on any atom is 0.410 e. The SMILES string of the molecule is CCN(C(=O)NCc1ccc(S(C)(=O)=O)cc1)C1CCN(C(=O)OC(C)(C)C)CC1. The second-order valence-corrected chi connectivity index (χ2v) is 10.6. The van der Waals surface area contributed by atoms with Gasteiger partial charge >= 0.3 is 12.1 Å². The van der Waals surface area contributed by atoms with Gasteiger partial charge in [-0.25, -0.2) is 18.0 Å². The molecule has 1 heterocycles. The van der Waals surface area contributed by atoms with E-state index in [4.69, 9.17) is 4.74 Å². The average molecular weight is 440 g/mol.